The monoisotopic (exact) mass is 959 g/mol. The molecule has 6 nitrogen and oxygen atoms in total. The van der Waals surface area contributed by atoms with E-state index < -0.39 is 0 Å². The fourth-order valence-corrected chi connectivity index (χ4v) is 11.7. The van der Waals surface area contributed by atoms with Crippen molar-refractivity contribution in [2.24, 2.45) is 0 Å². The molecule has 1 aliphatic rings. The maximum Gasteiger partial charge on any atom is 0.166 e. The van der Waals surface area contributed by atoms with Crippen LogP contribution in [0, 0.1) is 0 Å². The topological polar surface area (TPSA) is 61.7 Å². The Morgan fingerprint density at radius 2 is 0.880 bits per heavy atom. The molecule has 0 N–H and O–H groups in total. The van der Waals surface area contributed by atoms with Gasteiger partial charge >= 0.3 is 0 Å². The molecule has 1 aliphatic carbocycles. The molecule has 0 amide bonds. The van der Waals surface area contributed by atoms with Crippen LogP contribution in [-0.4, -0.2) is 24.1 Å². The van der Waals surface area contributed by atoms with E-state index in [0.29, 0.717) is 17.5 Å². The fraction of sp³-hybridized carbons (Fsp3) is 0.0290. The van der Waals surface area contributed by atoms with Crippen LogP contribution in [0.15, 0.2) is 253 Å². The van der Waals surface area contributed by atoms with Crippen LogP contribution < -0.4 is 0 Å². The number of fused-ring (bicyclic) bond motifs is 9. The lowest BCUT2D eigenvalue weighted by atomic mass is 9.95. The molecule has 0 bridgehead atoms. The summed E-state index contributed by atoms with van der Waals surface area (Å²) in [4.78, 5) is 16.1. The van der Waals surface area contributed by atoms with Gasteiger partial charge < -0.3 is 13.6 Å². The van der Waals surface area contributed by atoms with Gasteiger partial charge in [0.2, 0.25) is 0 Å². The highest BCUT2D eigenvalue weighted by Crippen LogP contribution is 2.46. The van der Waals surface area contributed by atoms with Gasteiger partial charge in [0.05, 0.1) is 27.8 Å². The maximum atomic E-state index is 6.41. The molecule has 352 valence electrons. The molecule has 0 radical (unpaired) electrons. The number of rotatable bonds is 8. The highest BCUT2D eigenvalue weighted by atomic mass is 16.3. The zero-order valence-corrected chi connectivity index (χ0v) is 40.7. The van der Waals surface area contributed by atoms with Crippen molar-refractivity contribution in [3.8, 4) is 73.2 Å². The normalized spacial score (nSPS) is 12.7. The van der Waals surface area contributed by atoms with Crippen molar-refractivity contribution in [1.29, 1.82) is 0 Å². The van der Waals surface area contributed by atoms with Crippen LogP contribution >= 0.6 is 0 Å². The SMILES string of the molecule is C1=CCCC(n2c3cc(-c4ccccc4)ccc3c3c(-c4cccc5c4c4ccccc4n5-c4ccccc4-c4nc(-c5ccc(-c6ccccc6)cc5)nc(-c5cccc6oc7ccccc7c56)n4)cccc32)=C1. The number of hydrogen-bond donors (Lipinski definition) is 0. The van der Waals surface area contributed by atoms with Crippen molar-refractivity contribution in [3.05, 3.63) is 249 Å². The maximum absolute atomic E-state index is 6.41. The number of aromatic nitrogens is 5. The van der Waals surface area contributed by atoms with Gasteiger partial charge in [-0.25, -0.2) is 15.0 Å². The second kappa shape index (κ2) is 17.4. The number of nitrogens with zero attached hydrogens (tertiary/aromatic N) is 5. The smallest absolute Gasteiger partial charge is 0.166 e. The summed E-state index contributed by atoms with van der Waals surface area (Å²) in [6.45, 7) is 0. The fourth-order valence-electron chi connectivity index (χ4n) is 11.7. The van der Waals surface area contributed by atoms with Gasteiger partial charge in [0.25, 0.3) is 0 Å². The summed E-state index contributed by atoms with van der Waals surface area (Å²) in [5.41, 5.74) is 18.2. The van der Waals surface area contributed by atoms with Crippen LogP contribution in [0.25, 0.3) is 144 Å². The van der Waals surface area contributed by atoms with E-state index in [0.717, 1.165) is 79.3 Å². The van der Waals surface area contributed by atoms with Crippen molar-refractivity contribution in [2.75, 3.05) is 0 Å². The number of allylic oxidation sites excluding steroid dienone is 4. The Morgan fingerprint density at radius 1 is 0.347 bits per heavy atom. The minimum absolute atomic E-state index is 0.571. The van der Waals surface area contributed by atoms with Gasteiger partial charge in [0, 0.05) is 54.7 Å². The molecule has 0 aliphatic heterocycles. The highest BCUT2D eigenvalue weighted by molar-refractivity contribution is 6.23. The number of para-hydroxylation sites is 3. The molecule has 0 spiro atoms. The Kier molecular flexibility index (Phi) is 9.91. The largest absolute Gasteiger partial charge is 0.456 e. The Bertz CT molecular complexity index is 4630. The predicted molar refractivity (Wildman–Crippen MR) is 310 cm³/mol. The van der Waals surface area contributed by atoms with Gasteiger partial charge in [-0.15, -0.1) is 0 Å². The molecule has 0 unspecified atom stereocenters. The molecule has 0 saturated heterocycles. The Morgan fingerprint density at radius 3 is 1.64 bits per heavy atom. The predicted octanol–water partition coefficient (Wildman–Crippen LogP) is 18.2. The second-order valence-electron chi connectivity index (χ2n) is 19.4. The molecule has 0 atom stereocenters. The summed E-state index contributed by atoms with van der Waals surface area (Å²) in [7, 11) is 0. The summed E-state index contributed by atoms with van der Waals surface area (Å²) >= 11 is 0. The number of hydrogen-bond acceptors (Lipinski definition) is 4. The molecule has 15 rings (SSSR count). The Hall–Kier alpha value is -9.91. The summed E-state index contributed by atoms with van der Waals surface area (Å²) < 4.78 is 11.3. The van der Waals surface area contributed by atoms with E-state index in [1.54, 1.807) is 0 Å². The van der Waals surface area contributed by atoms with Gasteiger partial charge in [-0.3, -0.25) is 0 Å². The molecular formula is C69H45N5O. The minimum Gasteiger partial charge on any atom is -0.456 e. The van der Waals surface area contributed by atoms with Crippen LogP contribution in [0.4, 0.5) is 0 Å². The standard InChI is InChI=1S/C69H45N5O/c1-4-19-44(20-5-1)46-37-39-47(40-38-46)67-70-68(72-69(71-67)56-30-18-36-63-66(56)55-27-12-15-35-62(55)75-63)54-26-11-14-32-58(54)74-57-31-13-10-25-52(57)64-50(29-17-34-60(64)74)51-28-16-33-59-65(51)53-42-41-48(45-21-6-2-7-22-45)43-61(53)73(59)49-23-8-3-9-24-49/h1-8,10-23,25-43H,9,24H2. The van der Waals surface area contributed by atoms with Gasteiger partial charge in [-0.2, -0.15) is 0 Å². The molecule has 75 heavy (non-hydrogen) atoms. The van der Waals surface area contributed by atoms with Crippen molar-refractivity contribution >= 4 is 71.2 Å². The average Bonchev–Trinajstić information content (AvgIpc) is 4.21. The molecule has 0 fully saturated rings. The zero-order valence-electron chi connectivity index (χ0n) is 40.7. The summed E-state index contributed by atoms with van der Waals surface area (Å²) in [5.74, 6) is 1.73. The van der Waals surface area contributed by atoms with Crippen molar-refractivity contribution in [2.45, 2.75) is 12.8 Å². The highest BCUT2D eigenvalue weighted by Gasteiger charge is 2.25. The third-order valence-corrected chi connectivity index (χ3v) is 15.1. The first-order chi connectivity index (χ1) is 37.2. The molecule has 0 saturated carbocycles. The first kappa shape index (κ1) is 42.7. The van der Waals surface area contributed by atoms with Gasteiger partial charge in [0.15, 0.2) is 17.5 Å². The van der Waals surface area contributed by atoms with E-state index in [9.17, 15) is 0 Å². The number of furan rings is 1. The number of benzene rings is 10. The Balaban J connectivity index is 0.950. The van der Waals surface area contributed by atoms with E-state index in [4.69, 9.17) is 19.4 Å². The van der Waals surface area contributed by atoms with E-state index in [1.807, 2.05) is 36.4 Å². The third kappa shape index (κ3) is 6.98. The van der Waals surface area contributed by atoms with Gasteiger partial charge in [0.1, 0.15) is 11.2 Å². The lowest BCUT2D eigenvalue weighted by molar-refractivity contribution is 0.669. The van der Waals surface area contributed by atoms with Gasteiger partial charge in [-0.1, -0.05) is 194 Å². The Labute approximate surface area is 432 Å². The molecule has 10 aromatic carbocycles. The summed E-state index contributed by atoms with van der Waals surface area (Å²) in [5, 5.41) is 6.82. The average molecular weight is 960 g/mol. The van der Waals surface area contributed by atoms with Crippen molar-refractivity contribution in [1.82, 2.24) is 24.1 Å². The molecule has 4 aromatic heterocycles. The summed E-state index contributed by atoms with van der Waals surface area (Å²) in [6, 6.07) is 81.9. The van der Waals surface area contributed by atoms with Crippen LogP contribution in [0.5, 0.6) is 0 Å². The summed E-state index contributed by atoms with van der Waals surface area (Å²) in [6.07, 6.45) is 8.74. The molecule has 6 heteroatoms. The first-order valence-corrected chi connectivity index (χ1v) is 25.7. The quantitative estimate of drug-likeness (QED) is 0.152. The molecule has 4 heterocycles. The van der Waals surface area contributed by atoms with E-state index in [2.05, 4.69) is 221 Å². The second-order valence-corrected chi connectivity index (χ2v) is 19.4. The first-order valence-electron chi connectivity index (χ1n) is 25.7. The van der Waals surface area contributed by atoms with E-state index in [1.165, 1.54) is 60.5 Å². The van der Waals surface area contributed by atoms with Crippen molar-refractivity contribution < 1.29 is 4.42 Å². The van der Waals surface area contributed by atoms with Crippen LogP contribution in [0.1, 0.15) is 12.8 Å². The van der Waals surface area contributed by atoms with E-state index >= 15 is 0 Å². The minimum atomic E-state index is 0.571. The van der Waals surface area contributed by atoms with Crippen molar-refractivity contribution in [3.63, 3.8) is 0 Å². The molecular weight excluding hydrogens is 915 g/mol. The molecule has 14 aromatic rings. The van der Waals surface area contributed by atoms with Crippen LogP contribution in [0.2, 0.25) is 0 Å². The van der Waals surface area contributed by atoms with Crippen LogP contribution in [0.3, 0.4) is 0 Å². The van der Waals surface area contributed by atoms with E-state index in [-0.39, 0.29) is 0 Å². The lowest BCUT2D eigenvalue weighted by Gasteiger charge is -2.15. The van der Waals surface area contributed by atoms with Crippen LogP contribution in [-0.2, 0) is 0 Å². The van der Waals surface area contributed by atoms with Gasteiger partial charge in [-0.05, 0) is 101 Å². The lowest BCUT2D eigenvalue weighted by Crippen LogP contribution is -2.03. The third-order valence-electron chi connectivity index (χ3n) is 15.1. The zero-order chi connectivity index (χ0) is 49.4.